The van der Waals surface area contributed by atoms with E-state index < -0.39 is 6.10 Å². The normalized spacial score (nSPS) is 12.2. The van der Waals surface area contributed by atoms with Gasteiger partial charge in [-0.3, -0.25) is 14.1 Å². The Balaban J connectivity index is 1.32. The van der Waals surface area contributed by atoms with Crippen LogP contribution in [-0.4, -0.2) is 25.8 Å². The number of benzene rings is 2. The van der Waals surface area contributed by atoms with Gasteiger partial charge in [-0.25, -0.2) is 4.79 Å². The minimum absolute atomic E-state index is 0.0899. The van der Waals surface area contributed by atoms with E-state index in [0.29, 0.717) is 11.3 Å². The molecule has 0 saturated carbocycles. The number of nitrogens with zero attached hydrogens (tertiary/aromatic N) is 3. The van der Waals surface area contributed by atoms with Crippen LogP contribution < -0.4 is 15.7 Å². The minimum Gasteiger partial charge on any atom is -0.491 e. The van der Waals surface area contributed by atoms with Crippen molar-refractivity contribution in [3.8, 4) is 5.75 Å². The number of hydrogen-bond acceptors (Lipinski definition) is 5. The van der Waals surface area contributed by atoms with Gasteiger partial charge in [0.2, 0.25) is 0 Å². The van der Waals surface area contributed by atoms with Crippen molar-refractivity contribution in [2.24, 2.45) is 14.1 Å². The van der Waals surface area contributed by atoms with Crippen molar-refractivity contribution in [3.05, 3.63) is 94.2 Å². The third kappa shape index (κ3) is 4.68. The highest BCUT2D eigenvalue weighted by Crippen LogP contribution is 2.21. The Morgan fingerprint density at radius 3 is 2.48 bits per heavy atom. The molecule has 7 heteroatoms. The van der Waals surface area contributed by atoms with Crippen LogP contribution in [0.1, 0.15) is 22.8 Å². The summed E-state index contributed by atoms with van der Waals surface area (Å²) in [7, 11) is 3.46. The third-order valence-corrected chi connectivity index (χ3v) is 5.39. The van der Waals surface area contributed by atoms with Gasteiger partial charge < -0.3 is 15.2 Å². The van der Waals surface area contributed by atoms with Crippen LogP contribution in [0.2, 0.25) is 0 Å². The Bertz CT molecular complexity index is 1210. The molecular formula is C24H26N4O3. The summed E-state index contributed by atoms with van der Waals surface area (Å²) >= 11 is 0. The van der Waals surface area contributed by atoms with E-state index in [1.54, 1.807) is 29.4 Å². The van der Waals surface area contributed by atoms with Gasteiger partial charge in [-0.1, -0.05) is 24.3 Å². The highest BCUT2D eigenvalue weighted by Gasteiger charge is 2.13. The van der Waals surface area contributed by atoms with Gasteiger partial charge in [0.15, 0.2) is 0 Å². The largest absolute Gasteiger partial charge is 0.491 e. The first-order valence-electron chi connectivity index (χ1n) is 10.2. The molecular weight excluding hydrogens is 392 g/mol. The zero-order valence-electron chi connectivity index (χ0n) is 17.7. The van der Waals surface area contributed by atoms with Crippen LogP contribution in [0.5, 0.6) is 5.75 Å². The molecule has 7 nitrogen and oxygen atoms in total. The minimum atomic E-state index is -0.791. The van der Waals surface area contributed by atoms with Crippen molar-refractivity contribution >= 4 is 11.0 Å². The van der Waals surface area contributed by atoms with Crippen molar-refractivity contribution in [3.63, 3.8) is 0 Å². The summed E-state index contributed by atoms with van der Waals surface area (Å²) in [5, 5.41) is 13.9. The first kappa shape index (κ1) is 20.8. The molecule has 2 heterocycles. The average Bonchev–Trinajstić information content (AvgIpc) is 3.02. The number of aliphatic hydroxyl groups is 1. The van der Waals surface area contributed by atoms with E-state index in [0.717, 1.165) is 35.2 Å². The quantitative estimate of drug-likeness (QED) is 0.460. The first-order chi connectivity index (χ1) is 15.0. The van der Waals surface area contributed by atoms with Gasteiger partial charge in [-0.05, 0) is 47.0 Å². The van der Waals surface area contributed by atoms with E-state index in [-0.39, 0.29) is 12.3 Å². The molecule has 2 N–H and O–H groups in total. The lowest BCUT2D eigenvalue weighted by atomic mass is 10.1. The van der Waals surface area contributed by atoms with Crippen LogP contribution in [-0.2, 0) is 27.2 Å². The van der Waals surface area contributed by atoms with Gasteiger partial charge in [0.05, 0.1) is 11.0 Å². The molecule has 0 aliphatic heterocycles. The maximum Gasteiger partial charge on any atom is 0.328 e. The zero-order valence-corrected chi connectivity index (χ0v) is 17.7. The number of pyridine rings is 1. The summed E-state index contributed by atoms with van der Waals surface area (Å²) < 4.78 is 8.94. The van der Waals surface area contributed by atoms with Crippen LogP contribution in [0.4, 0.5) is 0 Å². The number of imidazole rings is 1. The van der Waals surface area contributed by atoms with Crippen molar-refractivity contribution in [1.82, 2.24) is 19.4 Å². The van der Waals surface area contributed by atoms with Gasteiger partial charge in [0.25, 0.3) is 0 Å². The van der Waals surface area contributed by atoms with Crippen LogP contribution in [0.3, 0.4) is 0 Å². The van der Waals surface area contributed by atoms with Gasteiger partial charge in [0.1, 0.15) is 18.5 Å². The number of hydrogen-bond donors (Lipinski definition) is 2. The fourth-order valence-corrected chi connectivity index (χ4v) is 3.56. The molecule has 4 aromatic rings. The van der Waals surface area contributed by atoms with E-state index >= 15 is 0 Å². The van der Waals surface area contributed by atoms with Crippen molar-refractivity contribution in [2.75, 3.05) is 6.61 Å². The summed E-state index contributed by atoms with van der Waals surface area (Å²) in [6, 6.07) is 17.3. The van der Waals surface area contributed by atoms with Crippen molar-refractivity contribution in [1.29, 1.82) is 0 Å². The first-order valence-corrected chi connectivity index (χ1v) is 10.2. The van der Waals surface area contributed by atoms with Gasteiger partial charge in [0, 0.05) is 39.6 Å². The lowest BCUT2D eigenvalue weighted by Gasteiger charge is -2.14. The van der Waals surface area contributed by atoms with Crippen molar-refractivity contribution in [2.45, 2.75) is 19.2 Å². The van der Waals surface area contributed by atoms with Crippen LogP contribution in [0.15, 0.2) is 71.8 Å². The predicted molar refractivity (Wildman–Crippen MR) is 120 cm³/mol. The molecule has 1 atom stereocenters. The number of aliphatic hydroxyl groups excluding tert-OH is 1. The smallest absolute Gasteiger partial charge is 0.328 e. The molecule has 0 unspecified atom stereocenters. The average molecular weight is 418 g/mol. The van der Waals surface area contributed by atoms with Gasteiger partial charge in [-0.15, -0.1) is 0 Å². The van der Waals surface area contributed by atoms with Crippen LogP contribution in [0.25, 0.3) is 11.0 Å². The Labute approximate surface area is 180 Å². The third-order valence-electron chi connectivity index (χ3n) is 5.39. The molecule has 0 spiro atoms. The molecule has 2 aromatic carbocycles. The predicted octanol–water partition coefficient (Wildman–Crippen LogP) is 2.67. The highest BCUT2D eigenvalue weighted by atomic mass is 16.5. The summed E-state index contributed by atoms with van der Waals surface area (Å²) in [6.45, 7) is 1.63. The maximum absolute atomic E-state index is 12.1. The molecule has 0 fully saturated rings. The number of ether oxygens (including phenoxy) is 1. The van der Waals surface area contributed by atoms with Gasteiger partial charge in [-0.2, -0.15) is 0 Å². The molecule has 0 aliphatic carbocycles. The Kier molecular flexibility index (Phi) is 6.16. The Hall–Kier alpha value is -3.42. The molecule has 4 rings (SSSR count). The topological polar surface area (TPSA) is 81.3 Å². The Morgan fingerprint density at radius 1 is 1.00 bits per heavy atom. The summed E-state index contributed by atoms with van der Waals surface area (Å²) in [6.07, 6.45) is 2.83. The lowest BCUT2D eigenvalue weighted by Crippen LogP contribution is -2.19. The second-order valence-corrected chi connectivity index (χ2v) is 7.58. The molecule has 2 aromatic heterocycles. The number of fused-ring (bicyclic) bond motifs is 1. The van der Waals surface area contributed by atoms with Gasteiger partial charge >= 0.3 is 5.69 Å². The SMILES string of the molecule is Cn1c(=O)n(C)c2cc([C@H](O)COc3ccc(CNCc4cccnc4)cc3)ccc21. The van der Waals surface area contributed by atoms with Crippen molar-refractivity contribution < 1.29 is 9.84 Å². The monoisotopic (exact) mass is 418 g/mol. The summed E-state index contributed by atoms with van der Waals surface area (Å²) in [5.41, 5.74) is 4.53. The standard InChI is InChI=1S/C24H26N4O3/c1-27-21-10-7-19(12-22(21)28(2)24(27)30)23(29)16-31-20-8-5-17(6-9-20)13-26-15-18-4-3-11-25-14-18/h3-12,14,23,26,29H,13,15-16H2,1-2H3/t23-/m1/s1. The second-order valence-electron chi connectivity index (χ2n) is 7.58. The van der Waals surface area contributed by atoms with E-state index in [1.165, 1.54) is 0 Å². The van der Waals surface area contributed by atoms with E-state index in [1.807, 2.05) is 60.8 Å². The molecule has 31 heavy (non-hydrogen) atoms. The van der Waals surface area contributed by atoms with Crippen LogP contribution in [0, 0.1) is 0 Å². The molecule has 0 aliphatic rings. The highest BCUT2D eigenvalue weighted by molar-refractivity contribution is 5.76. The molecule has 160 valence electrons. The Morgan fingerprint density at radius 2 is 1.74 bits per heavy atom. The fraction of sp³-hybridized carbons (Fsp3) is 0.250. The maximum atomic E-state index is 12.1. The lowest BCUT2D eigenvalue weighted by molar-refractivity contribution is 0.108. The molecule has 0 bridgehead atoms. The summed E-state index contributed by atoms with van der Waals surface area (Å²) in [5.74, 6) is 0.697. The number of nitrogens with one attached hydrogen (secondary N) is 1. The molecule has 0 radical (unpaired) electrons. The molecule has 0 saturated heterocycles. The van der Waals surface area contributed by atoms with E-state index in [2.05, 4.69) is 10.3 Å². The number of rotatable bonds is 8. The number of aryl methyl sites for hydroxylation is 2. The zero-order chi connectivity index (χ0) is 21.8. The fourth-order valence-electron chi connectivity index (χ4n) is 3.56. The van der Waals surface area contributed by atoms with E-state index in [9.17, 15) is 9.90 Å². The number of aromatic nitrogens is 3. The second kappa shape index (κ2) is 9.16. The van der Waals surface area contributed by atoms with E-state index in [4.69, 9.17) is 4.74 Å². The molecule has 0 amide bonds. The summed E-state index contributed by atoms with van der Waals surface area (Å²) in [4.78, 5) is 16.2. The van der Waals surface area contributed by atoms with Crippen LogP contribution >= 0.6 is 0 Å².